The van der Waals surface area contributed by atoms with E-state index in [1.165, 1.54) is 18.4 Å². The van der Waals surface area contributed by atoms with Crippen molar-refractivity contribution < 1.29 is 9.53 Å². The van der Waals surface area contributed by atoms with Crippen molar-refractivity contribution in [3.63, 3.8) is 0 Å². The summed E-state index contributed by atoms with van der Waals surface area (Å²) in [5.41, 5.74) is 1.19. The van der Waals surface area contributed by atoms with Crippen molar-refractivity contribution in [1.82, 2.24) is 10.6 Å². The fraction of sp³-hybridized carbons (Fsp3) is 0.588. The second-order valence-corrected chi connectivity index (χ2v) is 6.30. The van der Waals surface area contributed by atoms with Crippen LogP contribution in [0.2, 0.25) is 0 Å². The molecule has 0 spiro atoms. The Balaban J connectivity index is 1.67. The number of amides is 1. The molecular formula is C17H24N2O2. The van der Waals surface area contributed by atoms with Crippen LogP contribution in [-0.4, -0.2) is 26.1 Å². The van der Waals surface area contributed by atoms with E-state index in [2.05, 4.69) is 22.8 Å². The lowest BCUT2D eigenvalue weighted by Crippen LogP contribution is -2.50. The number of rotatable bonds is 6. The van der Waals surface area contributed by atoms with Gasteiger partial charge in [0.1, 0.15) is 5.75 Å². The van der Waals surface area contributed by atoms with Crippen LogP contribution in [0.4, 0.5) is 0 Å². The van der Waals surface area contributed by atoms with Crippen LogP contribution in [0.3, 0.4) is 0 Å². The number of nitrogens with one attached hydrogen (secondary N) is 2. The maximum atomic E-state index is 12.5. The Kier molecular flexibility index (Phi) is 4.15. The summed E-state index contributed by atoms with van der Waals surface area (Å²) in [4.78, 5) is 12.5. The molecule has 1 aliphatic heterocycles. The first-order valence-corrected chi connectivity index (χ1v) is 7.84. The molecule has 1 aliphatic carbocycles. The lowest BCUT2D eigenvalue weighted by Gasteiger charge is -2.33. The molecule has 0 bridgehead atoms. The summed E-state index contributed by atoms with van der Waals surface area (Å²) in [7, 11) is 1.67. The molecule has 2 unspecified atom stereocenters. The molecule has 2 atom stereocenters. The zero-order valence-corrected chi connectivity index (χ0v) is 12.8. The smallest absolute Gasteiger partial charge is 0.223 e. The van der Waals surface area contributed by atoms with E-state index in [9.17, 15) is 4.79 Å². The van der Waals surface area contributed by atoms with E-state index in [1.54, 1.807) is 7.11 Å². The van der Waals surface area contributed by atoms with Gasteiger partial charge in [-0.3, -0.25) is 4.79 Å². The lowest BCUT2D eigenvalue weighted by atomic mass is 9.88. The van der Waals surface area contributed by atoms with Crippen molar-refractivity contribution in [2.45, 2.75) is 25.8 Å². The van der Waals surface area contributed by atoms with Gasteiger partial charge in [0, 0.05) is 5.92 Å². The number of benzene rings is 1. The first-order valence-electron chi connectivity index (χ1n) is 7.84. The fourth-order valence-corrected chi connectivity index (χ4v) is 2.88. The van der Waals surface area contributed by atoms with Gasteiger partial charge in [0.25, 0.3) is 0 Å². The summed E-state index contributed by atoms with van der Waals surface area (Å²) in [6, 6.07) is 8.22. The van der Waals surface area contributed by atoms with Crippen molar-refractivity contribution >= 4 is 5.91 Å². The molecule has 2 aliphatic rings. The maximum Gasteiger partial charge on any atom is 0.223 e. The molecule has 1 saturated carbocycles. The Bertz CT molecular complexity index is 492. The summed E-state index contributed by atoms with van der Waals surface area (Å²) >= 11 is 0. The van der Waals surface area contributed by atoms with E-state index in [0.29, 0.717) is 11.8 Å². The second-order valence-electron chi connectivity index (χ2n) is 6.30. The van der Waals surface area contributed by atoms with Crippen LogP contribution in [0.1, 0.15) is 31.4 Å². The van der Waals surface area contributed by atoms with E-state index in [-0.39, 0.29) is 17.9 Å². The summed E-state index contributed by atoms with van der Waals surface area (Å²) in [5.74, 6) is 2.21. The van der Waals surface area contributed by atoms with Gasteiger partial charge in [-0.2, -0.15) is 0 Å². The summed E-state index contributed by atoms with van der Waals surface area (Å²) in [5, 5.41) is 6.51. The van der Waals surface area contributed by atoms with Gasteiger partial charge in [0.15, 0.2) is 0 Å². The van der Waals surface area contributed by atoms with Crippen molar-refractivity contribution in [2.75, 3.05) is 20.2 Å². The molecule has 1 aromatic rings. The van der Waals surface area contributed by atoms with E-state index in [4.69, 9.17) is 4.74 Å². The lowest BCUT2D eigenvalue weighted by molar-refractivity contribution is -0.127. The van der Waals surface area contributed by atoms with Gasteiger partial charge in [0.2, 0.25) is 5.91 Å². The molecular weight excluding hydrogens is 264 g/mol. The van der Waals surface area contributed by atoms with E-state index < -0.39 is 0 Å². The normalized spacial score (nSPS) is 21.2. The number of hydrogen-bond acceptors (Lipinski definition) is 3. The van der Waals surface area contributed by atoms with Crippen LogP contribution < -0.4 is 15.4 Å². The summed E-state index contributed by atoms with van der Waals surface area (Å²) in [6.45, 7) is 3.97. The average molecular weight is 288 g/mol. The van der Waals surface area contributed by atoms with Crippen LogP contribution in [0.5, 0.6) is 5.75 Å². The van der Waals surface area contributed by atoms with Crippen LogP contribution in [0, 0.1) is 17.8 Å². The zero-order chi connectivity index (χ0) is 14.8. The van der Waals surface area contributed by atoms with Crippen LogP contribution >= 0.6 is 0 Å². The minimum absolute atomic E-state index is 0.0887. The van der Waals surface area contributed by atoms with Crippen LogP contribution in [0.15, 0.2) is 24.3 Å². The van der Waals surface area contributed by atoms with Crippen molar-refractivity contribution in [3.05, 3.63) is 29.8 Å². The molecule has 1 saturated heterocycles. The molecule has 21 heavy (non-hydrogen) atoms. The van der Waals surface area contributed by atoms with Crippen LogP contribution in [-0.2, 0) is 4.79 Å². The number of carbonyl (C=O) groups excluding carboxylic acids is 1. The quantitative estimate of drug-likeness (QED) is 0.843. The molecule has 114 valence electrons. The highest BCUT2D eigenvalue weighted by atomic mass is 16.5. The van der Waals surface area contributed by atoms with Gasteiger partial charge in [-0.1, -0.05) is 19.1 Å². The van der Waals surface area contributed by atoms with Crippen molar-refractivity contribution in [3.8, 4) is 5.75 Å². The molecule has 0 aromatic heterocycles. The highest BCUT2D eigenvalue weighted by Crippen LogP contribution is 2.41. The average Bonchev–Trinajstić information content (AvgIpc) is 3.27. The minimum Gasteiger partial charge on any atom is -0.497 e. The predicted molar refractivity (Wildman–Crippen MR) is 82.1 cm³/mol. The Hall–Kier alpha value is -1.55. The molecule has 2 fully saturated rings. The second kappa shape index (κ2) is 6.06. The first kappa shape index (κ1) is 14.4. The standard InChI is InChI=1S/C17H24N2O2/c1-11(14-9-18-10-14)17(20)19-16(12-3-4-12)13-5-7-15(21-2)8-6-13/h5-8,11-12,14,16,18H,3-4,9-10H2,1-2H3,(H,19,20). The summed E-state index contributed by atoms with van der Waals surface area (Å²) < 4.78 is 5.20. The highest BCUT2D eigenvalue weighted by molar-refractivity contribution is 5.79. The predicted octanol–water partition coefficient (Wildman–Crippen LogP) is 2.12. The molecule has 3 rings (SSSR count). The topological polar surface area (TPSA) is 50.4 Å². The monoisotopic (exact) mass is 288 g/mol. The third-order valence-corrected chi connectivity index (χ3v) is 4.80. The van der Waals surface area contributed by atoms with Gasteiger partial charge in [-0.15, -0.1) is 0 Å². The van der Waals surface area contributed by atoms with Crippen molar-refractivity contribution in [2.24, 2.45) is 17.8 Å². The first-order chi connectivity index (χ1) is 10.2. The molecule has 1 heterocycles. The SMILES string of the molecule is COc1ccc(C(NC(=O)C(C)C2CNC2)C2CC2)cc1. The van der Waals surface area contributed by atoms with E-state index in [1.807, 2.05) is 19.1 Å². The Morgan fingerprint density at radius 2 is 1.90 bits per heavy atom. The highest BCUT2D eigenvalue weighted by Gasteiger charge is 2.36. The molecule has 1 amide bonds. The molecule has 4 heteroatoms. The summed E-state index contributed by atoms with van der Waals surface area (Å²) in [6.07, 6.45) is 2.41. The fourth-order valence-electron chi connectivity index (χ4n) is 2.88. The van der Waals surface area contributed by atoms with Gasteiger partial charge in [-0.05, 0) is 55.5 Å². The van der Waals surface area contributed by atoms with Crippen LogP contribution in [0.25, 0.3) is 0 Å². The van der Waals surface area contributed by atoms with E-state index in [0.717, 1.165) is 18.8 Å². The minimum atomic E-state index is 0.0887. The Labute approximate surface area is 126 Å². The third kappa shape index (κ3) is 3.21. The molecule has 4 nitrogen and oxygen atoms in total. The number of carbonyl (C=O) groups is 1. The third-order valence-electron chi connectivity index (χ3n) is 4.80. The Morgan fingerprint density at radius 1 is 1.24 bits per heavy atom. The molecule has 1 aromatic carbocycles. The molecule has 0 radical (unpaired) electrons. The van der Waals surface area contributed by atoms with Gasteiger partial charge >= 0.3 is 0 Å². The van der Waals surface area contributed by atoms with Gasteiger partial charge in [-0.25, -0.2) is 0 Å². The maximum absolute atomic E-state index is 12.5. The Morgan fingerprint density at radius 3 is 2.38 bits per heavy atom. The van der Waals surface area contributed by atoms with Gasteiger partial charge in [0.05, 0.1) is 13.2 Å². The number of hydrogen-bond donors (Lipinski definition) is 2. The largest absolute Gasteiger partial charge is 0.497 e. The van der Waals surface area contributed by atoms with E-state index >= 15 is 0 Å². The van der Waals surface area contributed by atoms with Crippen molar-refractivity contribution in [1.29, 1.82) is 0 Å². The molecule has 2 N–H and O–H groups in total. The number of ether oxygens (including phenoxy) is 1. The van der Waals surface area contributed by atoms with Gasteiger partial charge < -0.3 is 15.4 Å². The zero-order valence-electron chi connectivity index (χ0n) is 12.8. The number of methoxy groups -OCH3 is 1.